The van der Waals surface area contributed by atoms with Gasteiger partial charge in [-0.05, 0) is 55.0 Å². The van der Waals surface area contributed by atoms with Crippen LogP contribution in [0.5, 0.6) is 5.75 Å². The van der Waals surface area contributed by atoms with Gasteiger partial charge in [-0.2, -0.15) is 0 Å². The SMILES string of the molecule is CCCCOC(=O)CN(Cc1ccccc1C(=O)OCCCC)C(=O)CCc1ccc(OCCCC)cc1Cl. The van der Waals surface area contributed by atoms with Crippen molar-refractivity contribution >= 4 is 29.4 Å². The number of esters is 2. The molecular weight excluding hydrogens is 518 g/mol. The molecule has 0 heterocycles. The van der Waals surface area contributed by atoms with Crippen molar-refractivity contribution in [1.82, 2.24) is 4.90 Å². The van der Waals surface area contributed by atoms with Gasteiger partial charge in [0, 0.05) is 18.0 Å². The Hall–Kier alpha value is -3.06. The number of ether oxygens (including phenoxy) is 3. The second kappa shape index (κ2) is 18.3. The highest BCUT2D eigenvalue weighted by atomic mass is 35.5. The molecule has 0 saturated heterocycles. The Kier molecular flexibility index (Phi) is 15.1. The Balaban J connectivity index is 2.14. The summed E-state index contributed by atoms with van der Waals surface area (Å²) >= 11 is 6.47. The fraction of sp³-hybridized carbons (Fsp3) is 0.516. The number of nitrogens with zero attached hydrogens (tertiary/aromatic N) is 1. The fourth-order valence-corrected chi connectivity index (χ4v) is 4.03. The minimum atomic E-state index is -0.480. The molecule has 214 valence electrons. The van der Waals surface area contributed by atoms with Crippen LogP contribution in [-0.4, -0.2) is 49.1 Å². The van der Waals surface area contributed by atoms with Crippen LogP contribution in [0.4, 0.5) is 0 Å². The predicted molar refractivity (Wildman–Crippen MR) is 153 cm³/mol. The van der Waals surface area contributed by atoms with Crippen molar-refractivity contribution < 1.29 is 28.6 Å². The Labute approximate surface area is 237 Å². The number of hydrogen-bond acceptors (Lipinski definition) is 6. The molecule has 0 unspecified atom stereocenters. The summed E-state index contributed by atoms with van der Waals surface area (Å²) in [6.07, 6.45) is 5.88. The van der Waals surface area contributed by atoms with Crippen molar-refractivity contribution in [3.8, 4) is 5.75 Å². The van der Waals surface area contributed by atoms with E-state index in [-0.39, 0.29) is 25.4 Å². The Morgan fingerprint density at radius 2 is 1.49 bits per heavy atom. The molecule has 0 atom stereocenters. The Morgan fingerprint density at radius 3 is 2.18 bits per heavy atom. The van der Waals surface area contributed by atoms with E-state index in [1.165, 1.54) is 4.90 Å². The summed E-state index contributed by atoms with van der Waals surface area (Å²) in [5.74, 6) is -0.463. The van der Waals surface area contributed by atoms with Crippen LogP contribution in [0.15, 0.2) is 42.5 Å². The summed E-state index contributed by atoms with van der Waals surface area (Å²) in [5, 5.41) is 0.530. The zero-order valence-electron chi connectivity index (χ0n) is 23.5. The Morgan fingerprint density at radius 1 is 0.821 bits per heavy atom. The van der Waals surface area contributed by atoms with Crippen molar-refractivity contribution in [2.45, 2.75) is 78.7 Å². The van der Waals surface area contributed by atoms with Gasteiger partial charge in [0.15, 0.2) is 0 Å². The molecule has 7 nitrogen and oxygen atoms in total. The van der Waals surface area contributed by atoms with Gasteiger partial charge in [0.2, 0.25) is 5.91 Å². The maximum Gasteiger partial charge on any atom is 0.338 e. The summed E-state index contributed by atoms with van der Waals surface area (Å²) in [6.45, 7) is 7.27. The summed E-state index contributed by atoms with van der Waals surface area (Å²) in [7, 11) is 0. The minimum Gasteiger partial charge on any atom is -0.494 e. The minimum absolute atomic E-state index is 0.0820. The zero-order valence-corrected chi connectivity index (χ0v) is 24.3. The van der Waals surface area contributed by atoms with E-state index in [4.69, 9.17) is 25.8 Å². The number of unbranched alkanes of at least 4 members (excludes halogenated alkanes) is 3. The number of carbonyl (C=O) groups excluding carboxylic acids is 3. The highest BCUT2D eigenvalue weighted by Crippen LogP contribution is 2.24. The third kappa shape index (κ3) is 11.7. The number of amides is 1. The van der Waals surface area contributed by atoms with Gasteiger partial charge in [-0.3, -0.25) is 9.59 Å². The van der Waals surface area contributed by atoms with Crippen LogP contribution < -0.4 is 4.74 Å². The van der Waals surface area contributed by atoms with Gasteiger partial charge in [-0.15, -0.1) is 0 Å². The van der Waals surface area contributed by atoms with Crippen molar-refractivity contribution in [3.63, 3.8) is 0 Å². The number of hydrogen-bond donors (Lipinski definition) is 0. The molecule has 0 spiro atoms. The molecule has 0 radical (unpaired) electrons. The van der Waals surface area contributed by atoms with E-state index in [0.29, 0.717) is 48.1 Å². The van der Waals surface area contributed by atoms with E-state index < -0.39 is 11.9 Å². The Bertz CT molecular complexity index is 1060. The molecule has 2 aromatic carbocycles. The second-order valence-corrected chi connectivity index (χ2v) is 9.83. The number of aryl methyl sites for hydroxylation is 1. The van der Waals surface area contributed by atoms with Gasteiger partial charge in [-0.25, -0.2) is 4.79 Å². The zero-order chi connectivity index (χ0) is 28.5. The number of rotatable bonds is 18. The molecule has 2 rings (SSSR count). The van der Waals surface area contributed by atoms with Gasteiger partial charge in [-0.1, -0.05) is 75.9 Å². The van der Waals surface area contributed by atoms with Gasteiger partial charge in [0.25, 0.3) is 0 Å². The van der Waals surface area contributed by atoms with Gasteiger partial charge in [0.05, 0.1) is 25.4 Å². The van der Waals surface area contributed by atoms with Crippen LogP contribution in [0, 0.1) is 0 Å². The molecule has 39 heavy (non-hydrogen) atoms. The standard InChI is InChI=1S/C31H42ClNO6/c1-4-7-18-37-26-16-14-24(28(32)21-26)15-17-29(34)33(23-30(35)38-19-8-5-2)22-25-12-10-11-13-27(25)31(36)39-20-9-6-3/h10-14,16,21H,4-9,15,17-20,22-23H2,1-3H3. The maximum absolute atomic E-state index is 13.4. The topological polar surface area (TPSA) is 82.1 Å². The summed E-state index contributed by atoms with van der Waals surface area (Å²) < 4.78 is 16.4. The first-order valence-corrected chi connectivity index (χ1v) is 14.4. The van der Waals surface area contributed by atoms with Crippen LogP contribution in [0.1, 0.15) is 87.2 Å². The lowest BCUT2D eigenvalue weighted by atomic mass is 10.1. The van der Waals surface area contributed by atoms with Crippen LogP contribution in [0.25, 0.3) is 0 Å². The van der Waals surface area contributed by atoms with E-state index in [1.54, 1.807) is 30.3 Å². The summed E-state index contributed by atoms with van der Waals surface area (Å²) in [6, 6.07) is 12.5. The van der Waals surface area contributed by atoms with Crippen molar-refractivity contribution in [3.05, 3.63) is 64.2 Å². The highest BCUT2D eigenvalue weighted by molar-refractivity contribution is 6.31. The molecule has 0 aliphatic rings. The molecule has 0 N–H and O–H groups in total. The van der Waals surface area contributed by atoms with E-state index in [1.807, 2.05) is 26.0 Å². The van der Waals surface area contributed by atoms with Crippen molar-refractivity contribution in [2.75, 3.05) is 26.4 Å². The summed E-state index contributed by atoms with van der Waals surface area (Å²) in [5.41, 5.74) is 1.81. The van der Waals surface area contributed by atoms with E-state index >= 15 is 0 Å². The number of carbonyl (C=O) groups is 3. The average molecular weight is 560 g/mol. The normalized spacial score (nSPS) is 10.7. The first-order valence-electron chi connectivity index (χ1n) is 14.0. The maximum atomic E-state index is 13.4. The predicted octanol–water partition coefficient (Wildman–Crippen LogP) is 6.78. The third-order valence-corrected chi connectivity index (χ3v) is 6.51. The second-order valence-electron chi connectivity index (χ2n) is 9.43. The van der Waals surface area contributed by atoms with Gasteiger partial charge < -0.3 is 19.1 Å². The van der Waals surface area contributed by atoms with Crippen molar-refractivity contribution in [1.29, 1.82) is 0 Å². The lowest BCUT2D eigenvalue weighted by molar-refractivity contribution is -0.149. The molecule has 0 bridgehead atoms. The molecule has 1 amide bonds. The van der Waals surface area contributed by atoms with E-state index in [2.05, 4.69) is 6.92 Å². The van der Waals surface area contributed by atoms with Crippen LogP contribution in [0.2, 0.25) is 5.02 Å². The highest BCUT2D eigenvalue weighted by Gasteiger charge is 2.22. The third-order valence-electron chi connectivity index (χ3n) is 6.16. The van der Waals surface area contributed by atoms with Crippen molar-refractivity contribution in [2.24, 2.45) is 0 Å². The van der Waals surface area contributed by atoms with E-state index in [0.717, 1.165) is 44.1 Å². The molecule has 0 saturated carbocycles. The first kappa shape index (κ1) is 32.2. The largest absolute Gasteiger partial charge is 0.494 e. The summed E-state index contributed by atoms with van der Waals surface area (Å²) in [4.78, 5) is 40.1. The molecular formula is C31H42ClNO6. The quantitative estimate of drug-likeness (QED) is 0.148. The number of benzene rings is 2. The fourth-order valence-electron chi connectivity index (χ4n) is 3.77. The molecule has 2 aromatic rings. The van der Waals surface area contributed by atoms with Crippen LogP contribution >= 0.6 is 11.6 Å². The van der Waals surface area contributed by atoms with Gasteiger partial charge >= 0.3 is 11.9 Å². The molecule has 0 aliphatic heterocycles. The van der Waals surface area contributed by atoms with E-state index in [9.17, 15) is 14.4 Å². The smallest absolute Gasteiger partial charge is 0.338 e. The first-order chi connectivity index (χ1) is 18.9. The molecule has 8 heteroatoms. The van der Waals surface area contributed by atoms with Gasteiger partial charge in [0.1, 0.15) is 12.3 Å². The lowest BCUT2D eigenvalue weighted by Crippen LogP contribution is -2.36. The monoisotopic (exact) mass is 559 g/mol. The average Bonchev–Trinajstić information content (AvgIpc) is 2.92. The molecule has 0 aromatic heterocycles. The molecule has 0 aliphatic carbocycles. The number of halogens is 1. The van der Waals surface area contributed by atoms with Crippen LogP contribution in [-0.2, 0) is 32.0 Å². The van der Waals surface area contributed by atoms with Crippen LogP contribution in [0.3, 0.4) is 0 Å². The molecule has 0 fully saturated rings. The lowest BCUT2D eigenvalue weighted by Gasteiger charge is -2.23.